The summed E-state index contributed by atoms with van der Waals surface area (Å²) in [6.45, 7) is 0. The van der Waals surface area contributed by atoms with Crippen molar-refractivity contribution < 1.29 is 0 Å². The van der Waals surface area contributed by atoms with Gasteiger partial charge in [-0.2, -0.15) is 5.10 Å². The Kier molecular flexibility index (Phi) is 2.04. The Balaban J connectivity index is 2.00. The second-order valence-corrected chi connectivity index (χ2v) is 3.44. The molecule has 0 aliphatic heterocycles. The van der Waals surface area contributed by atoms with Gasteiger partial charge >= 0.3 is 0 Å². The molecule has 0 aliphatic rings. The van der Waals surface area contributed by atoms with Crippen LogP contribution in [-0.2, 0) is 0 Å². The molecule has 2 aromatic heterocycles. The van der Waals surface area contributed by atoms with Crippen LogP contribution in [0.2, 0.25) is 0 Å². The Morgan fingerprint density at radius 3 is 2.69 bits per heavy atom. The second kappa shape index (κ2) is 3.66. The third-order valence-corrected chi connectivity index (χ3v) is 2.37. The van der Waals surface area contributed by atoms with Crippen LogP contribution in [0.25, 0.3) is 17.2 Å². The summed E-state index contributed by atoms with van der Waals surface area (Å²) in [4.78, 5) is 7.50. The van der Waals surface area contributed by atoms with Crippen LogP contribution in [0.15, 0.2) is 55.0 Å². The summed E-state index contributed by atoms with van der Waals surface area (Å²) in [6, 6.07) is 12.0. The van der Waals surface area contributed by atoms with Crippen LogP contribution >= 0.6 is 0 Å². The fraction of sp³-hybridized carbons (Fsp3) is 0. The van der Waals surface area contributed by atoms with Gasteiger partial charge in [0.2, 0.25) is 5.95 Å². The molecule has 1 N–H and O–H groups in total. The van der Waals surface area contributed by atoms with Crippen LogP contribution in [0.1, 0.15) is 0 Å². The fourth-order valence-electron chi connectivity index (χ4n) is 1.59. The predicted molar refractivity (Wildman–Crippen MR) is 61.1 cm³/mol. The van der Waals surface area contributed by atoms with E-state index in [9.17, 15) is 0 Å². The summed E-state index contributed by atoms with van der Waals surface area (Å²) >= 11 is 0. The van der Waals surface area contributed by atoms with E-state index in [4.69, 9.17) is 0 Å². The lowest BCUT2D eigenvalue weighted by Crippen LogP contribution is -1.95. The van der Waals surface area contributed by atoms with E-state index in [0.29, 0.717) is 0 Å². The standard InChI is InChI=1S/C12H10N4/c1-2-5-10(6-3-1)11-9-13-12(15-11)16-8-4-7-14-16/h1-9H,(H,13,15). The Bertz CT molecular complexity index is 566. The molecular weight excluding hydrogens is 200 g/mol. The third kappa shape index (κ3) is 1.50. The fourth-order valence-corrected chi connectivity index (χ4v) is 1.59. The SMILES string of the molecule is c1ccc(-c2cnc(-n3cccn3)[nH]2)cc1. The lowest BCUT2D eigenvalue weighted by Gasteiger charge is -1.96. The maximum Gasteiger partial charge on any atom is 0.228 e. The van der Waals surface area contributed by atoms with Crippen LogP contribution < -0.4 is 0 Å². The summed E-state index contributed by atoms with van der Waals surface area (Å²) in [5.41, 5.74) is 2.11. The first-order chi connectivity index (χ1) is 7.93. The first kappa shape index (κ1) is 8.91. The lowest BCUT2D eigenvalue weighted by molar-refractivity contribution is 0.825. The van der Waals surface area contributed by atoms with E-state index >= 15 is 0 Å². The van der Waals surface area contributed by atoms with Gasteiger partial charge in [0.05, 0.1) is 11.9 Å². The van der Waals surface area contributed by atoms with Crippen molar-refractivity contribution in [3.8, 4) is 17.2 Å². The first-order valence-electron chi connectivity index (χ1n) is 5.04. The van der Waals surface area contributed by atoms with E-state index in [1.165, 1.54) is 0 Å². The molecule has 0 amide bonds. The topological polar surface area (TPSA) is 46.5 Å². The molecule has 0 saturated carbocycles. The molecule has 1 aromatic carbocycles. The normalized spacial score (nSPS) is 10.5. The van der Waals surface area contributed by atoms with E-state index in [0.717, 1.165) is 17.2 Å². The number of imidazole rings is 1. The zero-order valence-electron chi connectivity index (χ0n) is 8.54. The number of hydrogen-bond donors (Lipinski definition) is 1. The maximum absolute atomic E-state index is 4.28. The highest BCUT2D eigenvalue weighted by atomic mass is 15.3. The van der Waals surface area contributed by atoms with E-state index in [1.807, 2.05) is 48.8 Å². The molecule has 78 valence electrons. The first-order valence-corrected chi connectivity index (χ1v) is 5.04. The molecule has 16 heavy (non-hydrogen) atoms. The summed E-state index contributed by atoms with van der Waals surface area (Å²) in [6.07, 6.45) is 5.39. The number of H-pyrrole nitrogens is 1. The smallest absolute Gasteiger partial charge is 0.228 e. The lowest BCUT2D eigenvalue weighted by atomic mass is 10.2. The molecule has 0 unspecified atom stereocenters. The molecule has 0 atom stereocenters. The minimum atomic E-state index is 0.726. The Labute approximate surface area is 92.6 Å². The molecule has 4 nitrogen and oxygen atoms in total. The Morgan fingerprint density at radius 2 is 1.94 bits per heavy atom. The second-order valence-electron chi connectivity index (χ2n) is 3.44. The van der Waals surface area contributed by atoms with Crippen LogP contribution in [0, 0.1) is 0 Å². The van der Waals surface area contributed by atoms with Crippen LogP contribution in [0.5, 0.6) is 0 Å². The molecule has 3 aromatic rings. The Morgan fingerprint density at radius 1 is 1.06 bits per heavy atom. The van der Waals surface area contributed by atoms with Gasteiger partial charge in [-0.15, -0.1) is 0 Å². The summed E-state index contributed by atoms with van der Waals surface area (Å²) in [5.74, 6) is 0.726. The van der Waals surface area contributed by atoms with Gasteiger partial charge in [0.25, 0.3) is 0 Å². The summed E-state index contributed by atoms with van der Waals surface area (Å²) < 4.78 is 1.70. The van der Waals surface area contributed by atoms with Crippen molar-refractivity contribution in [1.29, 1.82) is 0 Å². The highest BCUT2D eigenvalue weighted by Crippen LogP contribution is 2.16. The van der Waals surface area contributed by atoms with Crippen LogP contribution in [-0.4, -0.2) is 19.7 Å². The predicted octanol–water partition coefficient (Wildman–Crippen LogP) is 2.26. The summed E-state index contributed by atoms with van der Waals surface area (Å²) in [7, 11) is 0. The van der Waals surface area contributed by atoms with E-state index in [1.54, 1.807) is 10.9 Å². The quantitative estimate of drug-likeness (QED) is 0.705. The molecular formula is C12H10N4. The molecule has 4 heteroatoms. The van der Waals surface area contributed by atoms with Gasteiger partial charge in [0.1, 0.15) is 0 Å². The maximum atomic E-state index is 4.28. The number of aromatic amines is 1. The highest BCUT2D eigenvalue weighted by Gasteiger charge is 2.03. The van der Waals surface area contributed by atoms with Gasteiger partial charge in [-0.3, -0.25) is 0 Å². The Hall–Kier alpha value is -2.36. The van der Waals surface area contributed by atoms with Gasteiger partial charge in [-0.05, 0) is 11.6 Å². The van der Waals surface area contributed by atoms with Gasteiger partial charge in [0, 0.05) is 12.4 Å². The van der Waals surface area contributed by atoms with Crippen LogP contribution in [0.3, 0.4) is 0 Å². The molecule has 0 spiro atoms. The van der Waals surface area contributed by atoms with Crippen molar-refractivity contribution in [1.82, 2.24) is 19.7 Å². The number of hydrogen-bond acceptors (Lipinski definition) is 2. The number of aromatic nitrogens is 4. The van der Waals surface area contributed by atoms with Crippen molar-refractivity contribution >= 4 is 0 Å². The van der Waals surface area contributed by atoms with Gasteiger partial charge < -0.3 is 4.98 Å². The molecule has 0 fully saturated rings. The molecule has 2 heterocycles. The molecule has 0 saturated heterocycles. The van der Waals surface area contributed by atoms with Crippen molar-refractivity contribution in [2.45, 2.75) is 0 Å². The largest absolute Gasteiger partial charge is 0.322 e. The molecule has 0 bridgehead atoms. The average Bonchev–Trinajstić information content (AvgIpc) is 3.01. The minimum Gasteiger partial charge on any atom is -0.322 e. The van der Waals surface area contributed by atoms with Crippen molar-refractivity contribution in [3.05, 3.63) is 55.0 Å². The summed E-state index contributed by atoms with van der Waals surface area (Å²) in [5, 5.41) is 4.12. The monoisotopic (exact) mass is 210 g/mol. The van der Waals surface area contributed by atoms with Gasteiger partial charge in [0.15, 0.2) is 0 Å². The van der Waals surface area contributed by atoms with Crippen LogP contribution in [0.4, 0.5) is 0 Å². The number of nitrogens with one attached hydrogen (secondary N) is 1. The number of nitrogens with zero attached hydrogens (tertiary/aromatic N) is 3. The number of rotatable bonds is 2. The van der Waals surface area contributed by atoms with Gasteiger partial charge in [-0.25, -0.2) is 9.67 Å². The molecule has 0 aliphatic carbocycles. The molecule has 3 rings (SSSR count). The van der Waals surface area contributed by atoms with Crippen molar-refractivity contribution in [2.24, 2.45) is 0 Å². The zero-order valence-corrected chi connectivity index (χ0v) is 8.54. The third-order valence-electron chi connectivity index (χ3n) is 2.37. The highest BCUT2D eigenvalue weighted by molar-refractivity contribution is 5.58. The zero-order chi connectivity index (χ0) is 10.8. The van der Waals surface area contributed by atoms with E-state index < -0.39 is 0 Å². The number of benzene rings is 1. The van der Waals surface area contributed by atoms with Crippen molar-refractivity contribution in [3.63, 3.8) is 0 Å². The average molecular weight is 210 g/mol. The van der Waals surface area contributed by atoms with E-state index in [2.05, 4.69) is 15.1 Å². The van der Waals surface area contributed by atoms with Crippen molar-refractivity contribution in [2.75, 3.05) is 0 Å². The van der Waals surface area contributed by atoms with Gasteiger partial charge in [-0.1, -0.05) is 30.3 Å². The minimum absolute atomic E-state index is 0.726. The van der Waals surface area contributed by atoms with E-state index in [-0.39, 0.29) is 0 Å². The molecule has 0 radical (unpaired) electrons.